The number of hydrogen-bond acceptors (Lipinski definition) is 0. The molecule has 20 heavy (non-hydrogen) atoms. The van der Waals surface area contributed by atoms with Crippen LogP contribution in [-0.2, 0) is 0 Å². The van der Waals surface area contributed by atoms with Gasteiger partial charge in [0, 0.05) is 0 Å². The minimum absolute atomic E-state index is 0.829. The molecular formula is C20H32. The van der Waals surface area contributed by atoms with E-state index in [9.17, 15) is 0 Å². The standard InChI is InChI=1S/C20H32/c1-4-6-7-17(5-2)18-12-14-20(15-13-18)19-10-8-16(3)9-11-19/h8-11,17-18,20H,4-7,12-15H2,1-3H3. The van der Waals surface area contributed by atoms with E-state index in [2.05, 4.69) is 45.0 Å². The van der Waals surface area contributed by atoms with Gasteiger partial charge in [0.15, 0.2) is 0 Å². The van der Waals surface area contributed by atoms with E-state index >= 15 is 0 Å². The summed E-state index contributed by atoms with van der Waals surface area (Å²) in [5.41, 5.74) is 2.96. The molecule has 1 aliphatic rings. The highest BCUT2D eigenvalue weighted by molar-refractivity contribution is 5.24. The van der Waals surface area contributed by atoms with Crippen molar-refractivity contribution in [1.82, 2.24) is 0 Å². The number of aryl methyl sites for hydroxylation is 1. The van der Waals surface area contributed by atoms with Crippen LogP contribution in [0.3, 0.4) is 0 Å². The minimum Gasteiger partial charge on any atom is -0.0654 e. The fourth-order valence-electron chi connectivity index (χ4n) is 4.00. The molecule has 1 atom stereocenters. The average Bonchev–Trinajstić information content (AvgIpc) is 2.49. The van der Waals surface area contributed by atoms with Gasteiger partial charge < -0.3 is 0 Å². The molecule has 0 saturated heterocycles. The summed E-state index contributed by atoms with van der Waals surface area (Å²) in [4.78, 5) is 0. The lowest BCUT2D eigenvalue weighted by atomic mass is 9.72. The summed E-state index contributed by atoms with van der Waals surface area (Å²) < 4.78 is 0. The Labute approximate surface area is 126 Å². The van der Waals surface area contributed by atoms with E-state index in [4.69, 9.17) is 0 Å². The summed E-state index contributed by atoms with van der Waals surface area (Å²) in [5.74, 6) is 2.83. The van der Waals surface area contributed by atoms with Crippen LogP contribution in [0.25, 0.3) is 0 Å². The average molecular weight is 272 g/mol. The van der Waals surface area contributed by atoms with Gasteiger partial charge in [-0.3, -0.25) is 0 Å². The minimum atomic E-state index is 0.829. The topological polar surface area (TPSA) is 0 Å². The molecule has 0 radical (unpaired) electrons. The smallest absolute Gasteiger partial charge is 0.0162 e. The third-order valence-corrected chi connectivity index (χ3v) is 5.44. The molecule has 0 bridgehead atoms. The molecule has 1 aromatic rings. The molecule has 0 heterocycles. The van der Waals surface area contributed by atoms with Gasteiger partial charge in [-0.25, -0.2) is 0 Å². The molecule has 1 unspecified atom stereocenters. The van der Waals surface area contributed by atoms with Gasteiger partial charge in [0.25, 0.3) is 0 Å². The quantitative estimate of drug-likeness (QED) is 0.555. The number of unbranched alkanes of at least 4 members (excludes halogenated alkanes) is 1. The van der Waals surface area contributed by atoms with Crippen molar-refractivity contribution in [2.75, 3.05) is 0 Å². The Morgan fingerprint density at radius 3 is 2.20 bits per heavy atom. The Morgan fingerprint density at radius 2 is 1.65 bits per heavy atom. The molecule has 1 aromatic carbocycles. The van der Waals surface area contributed by atoms with Gasteiger partial charge in [-0.2, -0.15) is 0 Å². The summed E-state index contributed by atoms with van der Waals surface area (Å²) in [6, 6.07) is 9.26. The number of hydrogen-bond donors (Lipinski definition) is 0. The fourth-order valence-corrected chi connectivity index (χ4v) is 4.00. The summed E-state index contributed by atoms with van der Waals surface area (Å²) >= 11 is 0. The highest BCUT2D eigenvalue weighted by Gasteiger charge is 2.26. The van der Waals surface area contributed by atoms with Crippen molar-refractivity contribution >= 4 is 0 Å². The highest BCUT2D eigenvalue weighted by Crippen LogP contribution is 2.40. The monoisotopic (exact) mass is 272 g/mol. The Bertz CT molecular complexity index is 368. The van der Waals surface area contributed by atoms with Gasteiger partial charge in [0.1, 0.15) is 0 Å². The Morgan fingerprint density at radius 1 is 1.00 bits per heavy atom. The predicted octanol–water partition coefficient (Wildman–Crippen LogP) is 6.49. The Kier molecular flexibility index (Phi) is 6.13. The molecule has 0 amide bonds. The first kappa shape index (κ1) is 15.6. The lowest BCUT2D eigenvalue weighted by Gasteiger charge is -2.34. The van der Waals surface area contributed by atoms with Crippen molar-refractivity contribution < 1.29 is 0 Å². The van der Waals surface area contributed by atoms with Crippen LogP contribution in [0.4, 0.5) is 0 Å². The molecule has 0 aromatic heterocycles. The lowest BCUT2D eigenvalue weighted by Crippen LogP contribution is -2.21. The summed E-state index contributed by atoms with van der Waals surface area (Å²) in [7, 11) is 0. The second-order valence-electron chi connectivity index (χ2n) is 6.83. The van der Waals surface area contributed by atoms with Gasteiger partial charge in [0.05, 0.1) is 0 Å². The van der Waals surface area contributed by atoms with E-state index in [1.807, 2.05) is 0 Å². The maximum absolute atomic E-state index is 2.40. The van der Waals surface area contributed by atoms with Crippen molar-refractivity contribution in [2.45, 2.75) is 78.1 Å². The predicted molar refractivity (Wildman–Crippen MR) is 89.2 cm³/mol. The largest absolute Gasteiger partial charge is 0.0654 e. The molecule has 0 N–H and O–H groups in total. The molecule has 112 valence electrons. The summed E-state index contributed by atoms with van der Waals surface area (Å²) in [6.07, 6.45) is 11.4. The van der Waals surface area contributed by atoms with Crippen LogP contribution in [0.1, 0.15) is 82.3 Å². The fraction of sp³-hybridized carbons (Fsp3) is 0.700. The van der Waals surface area contributed by atoms with Gasteiger partial charge >= 0.3 is 0 Å². The van der Waals surface area contributed by atoms with Crippen LogP contribution < -0.4 is 0 Å². The Balaban J connectivity index is 1.86. The van der Waals surface area contributed by atoms with Crippen molar-refractivity contribution in [1.29, 1.82) is 0 Å². The van der Waals surface area contributed by atoms with Crippen molar-refractivity contribution in [3.8, 4) is 0 Å². The number of benzene rings is 1. The molecule has 1 fully saturated rings. The van der Waals surface area contributed by atoms with Crippen LogP contribution in [-0.4, -0.2) is 0 Å². The molecular weight excluding hydrogens is 240 g/mol. The molecule has 0 spiro atoms. The van der Waals surface area contributed by atoms with E-state index in [0.29, 0.717) is 0 Å². The van der Waals surface area contributed by atoms with Crippen LogP contribution in [0.5, 0.6) is 0 Å². The second kappa shape index (κ2) is 7.86. The first-order valence-electron chi connectivity index (χ1n) is 8.81. The molecule has 0 aliphatic heterocycles. The third-order valence-electron chi connectivity index (χ3n) is 5.44. The van der Waals surface area contributed by atoms with E-state index in [0.717, 1.165) is 17.8 Å². The van der Waals surface area contributed by atoms with Crippen LogP contribution in [0, 0.1) is 18.8 Å². The zero-order chi connectivity index (χ0) is 14.4. The first-order chi connectivity index (χ1) is 9.74. The molecule has 0 nitrogen and oxygen atoms in total. The first-order valence-corrected chi connectivity index (χ1v) is 8.81. The highest BCUT2D eigenvalue weighted by atomic mass is 14.3. The second-order valence-corrected chi connectivity index (χ2v) is 6.83. The maximum Gasteiger partial charge on any atom is -0.0162 e. The van der Waals surface area contributed by atoms with E-state index in [1.165, 1.54) is 56.9 Å². The van der Waals surface area contributed by atoms with E-state index in [1.54, 1.807) is 5.56 Å². The molecule has 2 rings (SSSR count). The zero-order valence-corrected chi connectivity index (χ0v) is 13.7. The van der Waals surface area contributed by atoms with Crippen molar-refractivity contribution in [2.24, 2.45) is 11.8 Å². The van der Waals surface area contributed by atoms with Gasteiger partial charge in [-0.15, -0.1) is 0 Å². The SMILES string of the molecule is CCCCC(CC)C1CCC(c2ccc(C)cc2)CC1. The van der Waals surface area contributed by atoms with Gasteiger partial charge in [-0.1, -0.05) is 69.4 Å². The van der Waals surface area contributed by atoms with Crippen LogP contribution in [0.15, 0.2) is 24.3 Å². The zero-order valence-electron chi connectivity index (χ0n) is 13.7. The van der Waals surface area contributed by atoms with Gasteiger partial charge in [-0.05, 0) is 55.9 Å². The van der Waals surface area contributed by atoms with Crippen LogP contribution in [0.2, 0.25) is 0 Å². The lowest BCUT2D eigenvalue weighted by molar-refractivity contribution is 0.213. The molecule has 1 saturated carbocycles. The Hall–Kier alpha value is -0.780. The van der Waals surface area contributed by atoms with Crippen LogP contribution >= 0.6 is 0 Å². The number of rotatable bonds is 6. The maximum atomic E-state index is 2.40. The summed E-state index contributed by atoms with van der Waals surface area (Å²) in [6.45, 7) is 6.90. The van der Waals surface area contributed by atoms with E-state index in [-0.39, 0.29) is 0 Å². The van der Waals surface area contributed by atoms with Crippen molar-refractivity contribution in [3.63, 3.8) is 0 Å². The molecule has 1 aliphatic carbocycles. The van der Waals surface area contributed by atoms with E-state index < -0.39 is 0 Å². The molecule has 0 heteroatoms. The summed E-state index contributed by atoms with van der Waals surface area (Å²) in [5, 5.41) is 0. The van der Waals surface area contributed by atoms with Gasteiger partial charge in [0.2, 0.25) is 0 Å². The third kappa shape index (κ3) is 4.11. The normalized spacial score (nSPS) is 24.6. The van der Waals surface area contributed by atoms with Crippen molar-refractivity contribution in [3.05, 3.63) is 35.4 Å².